The molecule has 1 aromatic heterocycles. The fourth-order valence-electron chi connectivity index (χ4n) is 3.49. The van der Waals surface area contributed by atoms with Crippen LogP contribution in [0.2, 0.25) is 0 Å². The fourth-order valence-corrected chi connectivity index (χ4v) is 3.49. The van der Waals surface area contributed by atoms with Crippen LogP contribution in [0.1, 0.15) is 31.7 Å². The summed E-state index contributed by atoms with van der Waals surface area (Å²) in [5.41, 5.74) is 2.58. The van der Waals surface area contributed by atoms with Crippen LogP contribution in [0, 0.1) is 5.92 Å². The van der Waals surface area contributed by atoms with Crippen LogP contribution < -0.4 is 10.6 Å². The summed E-state index contributed by atoms with van der Waals surface area (Å²) in [7, 11) is 0. The van der Waals surface area contributed by atoms with E-state index in [0.717, 1.165) is 77.7 Å². The molecule has 1 saturated heterocycles. The van der Waals surface area contributed by atoms with Crippen LogP contribution in [0.4, 0.5) is 0 Å². The van der Waals surface area contributed by atoms with Crippen LogP contribution in [-0.2, 0) is 15.9 Å². The molecule has 0 aliphatic carbocycles. The number of rotatable bonds is 11. The molecule has 162 valence electrons. The summed E-state index contributed by atoms with van der Waals surface area (Å²) in [6.07, 6.45) is 6.30. The van der Waals surface area contributed by atoms with Gasteiger partial charge >= 0.3 is 0 Å². The van der Waals surface area contributed by atoms with Gasteiger partial charge in [-0.1, -0.05) is 18.2 Å². The number of benzene rings is 1. The lowest BCUT2D eigenvalue weighted by Gasteiger charge is -2.12. The molecule has 29 heavy (non-hydrogen) atoms. The van der Waals surface area contributed by atoms with Crippen molar-refractivity contribution in [2.75, 3.05) is 46.1 Å². The second kappa shape index (κ2) is 13.8. The molecule has 2 aromatic rings. The normalized spacial score (nSPS) is 16.7. The molecule has 6 nitrogen and oxygen atoms in total. The first-order chi connectivity index (χ1) is 13.9. The maximum absolute atomic E-state index is 5.75. The Morgan fingerprint density at radius 2 is 2.17 bits per heavy atom. The minimum absolute atomic E-state index is 0. The molecule has 7 heteroatoms. The topological polar surface area (TPSA) is 70.7 Å². The van der Waals surface area contributed by atoms with Crippen LogP contribution >= 0.6 is 24.0 Å². The van der Waals surface area contributed by atoms with E-state index in [9.17, 15) is 0 Å². The molecule has 0 saturated carbocycles. The second-order valence-electron chi connectivity index (χ2n) is 7.31. The molecule has 1 aromatic carbocycles. The summed E-state index contributed by atoms with van der Waals surface area (Å²) < 4.78 is 11.1. The van der Waals surface area contributed by atoms with E-state index < -0.39 is 0 Å². The number of H-pyrrole nitrogens is 1. The van der Waals surface area contributed by atoms with Crippen molar-refractivity contribution in [2.24, 2.45) is 10.9 Å². The minimum Gasteiger partial charge on any atom is -0.381 e. The van der Waals surface area contributed by atoms with Crippen LogP contribution in [-0.4, -0.2) is 57.0 Å². The molecule has 1 fully saturated rings. The van der Waals surface area contributed by atoms with Crippen molar-refractivity contribution >= 4 is 40.8 Å². The molecule has 0 radical (unpaired) electrons. The zero-order valence-corrected chi connectivity index (χ0v) is 19.7. The zero-order valence-electron chi connectivity index (χ0n) is 17.4. The van der Waals surface area contributed by atoms with Crippen LogP contribution in [0.5, 0.6) is 0 Å². The maximum atomic E-state index is 5.75. The maximum Gasteiger partial charge on any atom is 0.191 e. The van der Waals surface area contributed by atoms with Gasteiger partial charge in [0.05, 0.1) is 13.2 Å². The van der Waals surface area contributed by atoms with Gasteiger partial charge in [0, 0.05) is 55.9 Å². The molecular formula is C22H35IN4O2. The lowest BCUT2D eigenvalue weighted by atomic mass is 10.1. The first kappa shape index (κ1) is 24.0. The SMILES string of the molecule is CCNC(=NCCCc1c[nH]c2ccccc12)NCCCOCC1CCOC1.I. The van der Waals surface area contributed by atoms with Gasteiger partial charge in [-0.25, -0.2) is 0 Å². The quantitative estimate of drug-likeness (QED) is 0.185. The van der Waals surface area contributed by atoms with Crippen LogP contribution in [0.3, 0.4) is 0 Å². The molecule has 3 N–H and O–H groups in total. The third-order valence-electron chi connectivity index (χ3n) is 5.03. The van der Waals surface area contributed by atoms with E-state index in [1.807, 2.05) is 0 Å². The molecule has 1 atom stereocenters. The number of guanidine groups is 1. The van der Waals surface area contributed by atoms with Crippen molar-refractivity contribution in [1.82, 2.24) is 15.6 Å². The van der Waals surface area contributed by atoms with Crippen molar-refractivity contribution < 1.29 is 9.47 Å². The fraction of sp³-hybridized carbons (Fsp3) is 0.591. The van der Waals surface area contributed by atoms with Crippen LogP contribution in [0.25, 0.3) is 10.9 Å². The smallest absolute Gasteiger partial charge is 0.191 e. The molecule has 0 bridgehead atoms. The second-order valence-corrected chi connectivity index (χ2v) is 7.31. The Morgan fingerprint density at radius 1 is 1.28 bits per heavy atom. The number of aliphatic imine (C=N–C) groups is 1. The molecule has 0 amide bonds. The number of nitrogens with zero attached hydrogens (tertiary/aromatic N) is 1. The Bertz CT molecular complexity index is 728. The zero-order chi connectivity index (χ0) is 19.4. The highest BCUT2D eigenvalue weighted by molar-refractivity contribution is 14.0. The number of ether oxygens (including phenoxy) is 2. The molecule has 1 unspecified atom stereocenters. The van der Waals surface area contributed by atoms with Gasteiger partial charge in [-0.15, -0.1) is 24.0 Å². The van der Waals surface area contributed by atoms with Crippen molar-refractivity contribution in [3.63, 3.8) is 0 Å². The number of aryl methyl sites for hydroxylation is 1. The summed E-state index contributed by atoms with van der Waals surface area (Å²) >= 11 is 0. The number of halogens is 1. The summed E-state index contributed by atoms with van der Waals surface area (Å²) in [6, 6.07) is 8.46. The number of aromatic amines is 1. The molecule has 1 aliphatic heterocycles. The number of hydrogen-bond acceptors (Lipinski definition) is 3. The Kier molecular flexibility index (Phi) is 11.4. The largest absolute Gasteiger partial charge is 0.381 e. The van der Waals surface area contributed by atoms with Gasteiger partial charge in [0.25, 0.3) is 0 Å². The summed E-state index contributed by atoms with van der Waals surface area (Å²) in [4.78, 5) is 8.04. The third-order valence-corrected chi connectivity index (χ3v) is 5.03. The Labute approximate surface area is 191 Å². The molecule has 2 heterocycles. The number of para-hydroxylation sites is 1. The number of aromatic nitrogens is 1. The predicted octanol–water partition coefficient (Wildman–Crippen LogP) is 3.72. The monoisotopic (exact) mass is 514 g/mol. The van der Waals surface area contributed by atoms with E-state index in [0.29, 0.717) is 5.92 Å². The van der Waals surface area contributed by atoms with Crippen molar-refractivity contribution in [3.05, 3.63) is 36.0 Å². The van der Waals surface area contributed by atoms with E-state index in [4.69, 9.17) is 14.5 Å². The standard InChI is InChI=1S/C22H34N4O2.HI/c1-2-23-22(25-12-6-13-27-16-18-10-14-28-17-18)24-11-5-7-19-15-26-21-9-4-3-8-20(19)21;/h3-4,8-9,15,18,26H,2,5-7,10-14,16-17H2,1H3,(H2,23,24,25);1H. The average Bonchev–Trinajstić information content (AvgIpc) is 3.38. The van der Waals surface area contributed by atoms with Crippen molar-refractivity contribution in [3.8, 4) is 0 Å². The highest BCUT2D eigenvalue weighted by Gasteiger charge is 2.15. The highest BCUT2D eigenvalue weighted by Crippen LogP contribution is 2.18. The lowest BCUT2D eigenvalue weighted by molar-refractivity contribution is 0.0888. The Balaban J connectivity index is 0.00000300. The van der Waals surface area contributed by atoms with E-state index in [-0.39, 0.29) is 24.0 Å². The number of hydrogen-bond donors (Lipinski definition) is 3. The van der Waals surface area contributed by atoms with E-state index in [1.165, 1.54) is 16.5 Å². The van der Waals surface area contributed by atoms with Gasteiger partial charge in [-0.2, -0.15) is 0 Å². The van der Waals surface area contributed by atoms with E-state index in [1.54, 1.807) is 0 Å². The molecular weight excluding hydrogens is 479 g/mol. The summed E-state index contributed by atoms with van der Waals surface area (Å²) in [5, 5.41) is 8.04. The van der Waals surface area contributed by atoms with E-state index in [2.05, 4.69) is 53.0 Å². The lowest BCUT2D eigenvalue weighted by Crippen LogP contribution is -2.38. The summed E-state index contributed by atoms with van der Waals surface area (Å²) in [6.45, 7) is 7.99. The first-order valence-corrected chi connectivity index (χ1v) is 10.6. The van der Waals surface area contributed by atoms with Gasteiger partial charge in [0.15, 0.2) is 5.96 Å². The van der Waals surface area contributed by atoms with Gasteiger partial charge < -0.3 is 25.1 Å². The summed E-state index contributed by atoms with van der Waals surface area (Å²) in [5.74, 6) is 1.48. The number of fused-ring (bicyclic) bond motifs is 1. The van der Waals surface area contributed by atoms with Gasteiger partial charge in [-0.05, 0) is 44.2 Å². The van der Waals surface area contributed by atoms with Gasteiger partial charge in [0.1, 0.15) is 0 Å². The van der Waals surface area contributed by atoms with Crippen molar-refractivity contribution in [1.29, 1.82) is 0 Å². The Morgan fingerprint density at radius 3 is 3.00 bits per heavy atom. The Hall–Kier alpha value is -1.32. The highest BCUT2D eigenvalue weighted by atomic mass is 127. The molecule has 3 rings (SSSR count). The minimum atomic E-state index is 0. The van der Waals surface area contributed by atoms with Crippen molar-refractivity contribution in [2.45, 2.75) is 32.6 Å². The first-order valence-electron chi connectivity index (χ1n) is 10.6. The number of nitrogens with one attached hydrogen (secondary N) is 3. The van der Waals surface area contributed by atoms with E-state index >= 15 is 0 Å². The van der Waals surface area contributed by atoms with Gasteiger partial charge in [0.2, 0.25) is 0 Å². The van der Waals surface area contributed by atoms with Crippen LogP contribution in [0.15, 0.2) is 35.5 Å². The molecule has 1 aliphatic rings. The van der Waals surface area contributed by atoms with Gasteiger partial charge in [-0.3, -0.25) is 4.99 Å². The molecule has 0 spiro atoms. The predicted molar refractivity (Wildman–Crippen MR) is 130 cm³/mol. The average molecular weight is 514 g/mol. The third kappa shape index (κ3) is 8.14.